The highest BCUT2D eigenvalue weighted by atomic mass is 35.5. The molecule has 0 spiro atoms. The van der Waals surface area contributed by atoms with Gasteiger partial charge in [-0.3, -0.25) is 9.59 Å². The van der Waals surface area contributed by atoms with E-state index < -0.39 is 11.9 Å². The minimum Gasteiger partial charge on any atom is -0.481 e. The van der Waals surface area contributed by atoms with Crippen molar-refractivity contribution in [2.45, 2.75) is 20.3 Å². The third-order valence-corrected chi connectivity index (χ3v) is 4.20. The van der Waals surface area contributed by atoms with E-state index in [1.54, 1.807) is 30.0 Å². The summed E-state index contributed by atoms with van der Waals surface area (Å²) in [5.41, 5.74) is 1.29. The summed E-state index contributed by atoms with van der Waals surface area (Å²) in [6.45, 7) is 4.64. The van der Waals surface area contributed by atoms with E-state index in [1.807, 2.05) is 6.92 Å². The average Bonchev–Trinajstić information content (AvgIpc) is 2.40. The van der Waals surface area contributed by atoms with Crippen molar-refractivity contribution in [2.24, 2.45) is 11.8 Å². The zero-order chi connectivity index (χ0) is 14.9. The van der Waals surface area contributed by atoms with Crippen molar-refractivity contribution in [3.8, 4) is 0 Å². The van der Waals surface area contributed by atoms with Gasteiger partial charge in [-0.2, -0.15) is 0 Å². The molecule has 1 aromatic rings. The van der Waals surface area contributed by atoms with E-state index in [9.17, 15) is 9.59 Å². The smallest absolute Gasteiger partial charge is 0.308 e. The van der Waals surface area contributed by atoms with Gasteiger partial charge < -0.3 is 10.0 Å². The van der Waals surface area contributed by atoms with Crippen LogP contribution in [0.2, 0.25) is 5.02 Å². The van der Waals surface area contributed by atoms with Gasteiger partial charge in [-0.15, -0.1) is 0 Å². The van der Waals surface area contributed by atoms with Gasteiger partial charge in [0.15, 0.2) is 0 Å². The topological polar surface area (TPSA) is 57.6 Å². The zero-order valence-electron chi connectivity index (χ0n) is 11.6. The Labute approximate surface area is 123 Å². The summed E-state index contributed by atoms with van der Waals surface area (Å²) >= 11 is 6.04. The highest BCUT2D eigenvalue weighted by Crippen LogP contribution is 2.25. The molecule has 1 heterocycles. The Morgan fingerprint density at radius 3 is 2.70 bits per heavy atom. The highest BCUT2D eigenvalue weighted by Gasteiger charge is 2.32. The Balaban J connectivity index is 2.24. The first kappa shape index (κ1) is 14.9. The molecule has 4 nitrogen and oxygen atoms in total. The molecule has 0 radical (unpaired) electrons. The quantitative estimate of drug-likeness (QED) is 0.913. The van der Waals surface area contributed by atoms with Gasteiger partial charge in [0.05, 0.1) is 5.92 Å². The van der Waals surface area contributed by atoms with Crippen LogP contribution in [0.15, 0.2) is 18.2 Å². The van der Waals surface area contributed by atoms with Gasteiger partial charge in [0.25, 0.3) is 5.91 Å². The Morgan fingerprint density at radius 1 is 1.35 bits per heavy atom. The third-order valence-electron chi connectivity index (χ3n) is 3.79. The molecule has 5 heteroatoms. The molecule has 2 rings (SSSR count). The summed E-state index contributed by atoms with van der Waals surface area (Å²) in [5, 5.41) is 9.72. The Bertz CT molecular complexity index is 544. The number of rotatable bonds is 2. The van der Waals surface area contributed by atoms with Crippen LogP contribution in [0.4, 0.5) is 0 Å². The van der Waals surface area contributed by atoms with Crippen molar-refractivity contribution < 1.29 is 14.7 Å². The first-order valence-electron chi connectivity index (χ1n) is 6.67. The van der Waals surface area contributed by atoms with E-state index >= 15 is 0 Å². The molecule has 2 unspecified atom stereocenters. The third kappa shape index (κ3) is 2.96. The summed E-state index contributed by atoms with van der Waals surface area (Å²) in [4.78, 5) is 25.4. The van der Waals surface area contributed by atoms with Gasteiger partial charge in [-0.25, -0.2) is 0 Å². The number of carboxylic acid groups (broad SMARTS) is 1. The molecule has 1 saturated heterocycles. The number of carbonyl (C=O) groups is 2. The molecule has 108 valence electrons. The van der Waals surface area contributed by atoms with Crippen LogP contribution in [0.25, 0.3) is 0 Å². The molecule has 1 aliphatic rings. The van der Waals surface area contributed by atoms with E-state index in [-0.39, 0.29) is 18.4 Å². The van der Waals surface area contributed by atoms with Crippen LogP contribution in [0.1, 0.15) is 29.3 Å². The molecular weight excluding hydrogens is 278 g/mol. The Morgan fingerprint density at radius 2 is 2.05 bits per heavy atom. The van der Waals surface area contributed by atoms with Gasteiger partial charge in [0.2, 0.25) is 0 Å². The molecule has 1 aromatic carbocycles. The molecule has 1 fully saturated rings. The largest absolute Gasteiger partial charge is 0.481 e. The summed E-state index contributed by atoms with van der Waals surface area (Å²) in [7, 11) is 0. The minimum atomic E-state index is -0.836. The van der Waals surface area contributed by atoms with Crippen LogP contribution in [0, 0.1) is 18.8 Å². The second kappa shape index (κ2) is 5.83. The second-order valence-corrected chi connectivity index (χ2v) is 5.91. The molecule has 0 aromatic heterocycles. The number of benzene rings is 1. The first-order valence-corrected chi connectivity index (χ1v) is 7.05. The van der Waals surface area contributed by atoms with Crippen LogP contribution in [-0.4, -0.2) is 35.0 Å². The SMILES string of the molecule is Cc1c(Cl)cccc1C(=O)N1CC(C)CC(C(=O)O)C1. The van der Waals surface area contributed by atoms with E-state index in [0.717, 1.165) is 5.56 Å². The summed E-state index contributed by atoms with van der Waals surface area (Å²) < 4.78 is 0. The van der Waals surface area contributed by atoms with Gasteiger partial charge in [0, 0.05) is 23.7 Å². The molecule has 1 amide bonds. The highest BCUT2D eigenvalue weighted by molar-refractivity contribution is 6.31. The number of piperidine rings is 1. The van der Waals surface area contributed by atoms with E-state index in [1.165, 1.54) is 0 Å². The number of halogens is 1. The molecular formula is C15H18ClNO3. The lowest BCUT2D eigenvalue weighted by Gasteiger charge is -2.35. The maximum Gasteiger partial charge on any atom is 0.308 e. The first-order chi connectivity index (χ1) is 9.40. The van der Waals surface area contributed by atoms with Crippen molar-refractivity contribution >= 4 is 23.5 Å². The minimum absolute atomic E-state index is 0.136. The molecule has 0 bridgehead atoms. The molecule has 0 aliphatic carbocycles. The number of carbonyl (C=O) groups excluding carboxylic acids is 1. The van der Waals surface area contributed by atoms with Crippen molar-refractivity contribution in [1.82, 2.24) is 4.90 Å². The van der Waals surface area contributed by atoms with Crippen molar-refractivity contribution in [2.75, 3.05) is 13.1 Å². The predicted molar refractivity (Wildman–Crippen MR) is 77.0 cm³/mol. The Kier molecular flexibility index (Phi) is 4.33. The van der Waals surface area contributed by atoms with Crippen LogP contribution < -0.4 is 0 Å². The fraction of sp³-hybridized carbons (Fsp3) is 0.467. The van der Waals surface area contributed by atoms with Crippen LogP contribution in [-0.2, 0) is 4.79 Å². The van der Waals surface area contributed by atoms with Crippen molar-refractivity contribution in [3.63, 3.8) is 0 Å². The van der Waals surface area contributed by atoms with Crippen LogP contribution in [0.5, 0.6) is 0 Å². The average molecular weight is 296 g/mol. The number of likely N-dealkylation sites (tertiary alicyclic amines) is 1. The lowest BCUT2D eigenvalue weighted by molar-refractivity contribution is -0.143. The maximum atomic E-state index is 12.6. The molecule has 0 saturated carbocycles. The summed E-state index contributed by atoms with van der Waals surface area (Å²) in [6.07, 6.45) is 0.619. The monoisotopic (exact) mass is 295 g/mol. The van der Waals surface area contributed by atoms with Gasteiger partial charge in [0.1, 0.15) is 0 Å². The fourth-order valence-corrected chi connectivity index (χ4v) is 2.88. The zero-order valence-corrected chi connectivity index (χ0v) is 12.4. The number of hydrogen-bond acceptors (Lipinski definition) is 2. The molecule has 20 heavy (non-hydrogen) atoms. The van der Waals surface area contributed by atoms with Gasteiger partial charge in [-0.05, 0) is 37.0 Å². The van der Waals surface area contributed by atoms with E-state index in [0.29, 0.717) is 23.6 Å². The predicted octanol–water partition coefficient (Wildman–Crippen LogP) is 2.83. The fourth-order valence-electron chi connectivity index (χ4n) is 2.71. The summed E-state index contributed by atoms with van der Waals surface area (Å²) in [5.74, 6) is -1.27. The molecule has 1 N–H and O–H groups in total. The van der Waals surface area contributed by atoms with E-state index in [4.69, 9.17) is 16.7 Å². The Hall–Kier alpha value is -1.55. The lowest BCUT2D eigenvalue weighted by atomic mass is 9.90. The van der Waals surface area contributed by atoms with Crippen molar-refractivity contribution in [3.05, 3.63) is 34.3 Å². The van der Waals surface area contributed by atoms with Crippen molar-refractivity contribution in [1.29, 1.82) is 0 Å². The number of carboxylic acids is 1. The standard InChI is InChI=1S/C15H18ClNO3/c1-9-6-11(15(19)20)8-17(7-9)14(18)12-4-3-5-13(16)10(12)2/h3-5,9,11H,6-8H2,1-2H3,(H,19,20). The van der Waals surface area contributed by atoms with E-state index in [2.05, 4.69) is 0 Å². The van der Waals surface area contributed by atoms with Crippen LogP contribution in [0.3, 0.4) is 0 Å². The van der Waals surface area contributed by atoms with Gasteiger partial charge >= 0.3 is 5.97 Å². The molecule has 1 aliphatic heterocycles. The second-order valence-electron chi connectivity index (χ2n) is 5.50. The maximum absolute atomic E-state index is 12.6. The lowest BCUT2D eigenvalue weighted by Crippen LogP contribution is -2.45. The number of amides is 1. The molecule has 2 atom stereocenters. The van der Waals surface area contributed by atoms with Gasteiger partial charge in [-0.1, -0.05) is 24.6 Å². The van der Waals surface area contributed by atoms with Crippen LogP contribution >= 0.6 is 11.6 Å². The normalized spacial score (nSPS) is 22.6. The number of hydrogen-bond donors (Lipinski definition) is 1. The number of aliphatic carboxylic acids is 1. The summed E-state index contributed by atoms with van der Waals surface area (Å²) in [6, 6.07) is 5.22. The number of nitrogens with zero attached hydrogens (tertiary/aromatic N) is 1.